The van der Waals surface area contributed by atoms with Gasteiger partial charge in [0.1, 0.15) is 0 Å². The van der Waals surface area contributed by atoms with Crippen LogP contribution >= 0.6 is 0 Å². The summed E-state index contributed by atoms with van der Waals surface area (Å²) >= 11 is 0. The number of hydrogen-bond acceptors (Lipinski definition) is 5. The fraction of sp³-hybridized carbons (Fsp3) is 0.261. The summed E-state index contributed by atoms with van der Waals surface area (Å²) in [6.07, 6.45) is 3.95. The fourth-order valence-electron chi connectivity index (χ4n) is 3.97. The average molecular weight is 406 g/mol. The number of benzene rings is 2. The van der Waals surface area contributed by atoms with Crippen LogP contribution < -0.4 is 14.1 Å². The molecule has 1 unspecified atom stereocenters. The van der Waals surface area contributed by atoms with Crippen LogP contribution in [0.15, 0.2) is 59.9 Å². The molecule has 0 fully saturated rings. The van der Waals surface area contributed by atoms with Crippen molar-refractivity contribution < 1.29 is 19.1 Å². The smallest absolute Gasteiger partial charge is 0.309 e. The number of amides is 2. The van der Waals surface area contributed by atoms with Crippen LogP contribution in [-0.2, 0) is 0 Å². The van der Waals surface area contributed by atoms with Gasteiger partial charge in [-0.1, -0.05) is 24.1 Å². The van der Waals surface area contributed by atoms with Gasteiger partial charge in [0.2, 0.25) is 5.84 Å². The van der Waals surface area contributed by atoms with Crippen LogP contribution in [0.4, 0.5) is 5.69 Å². The highest BCUT2D eigenvalue weighted by Crippen LogP contribution is 2.41. The molecule has 7 nitrogen and oxygen atoms in total. The largest absolute Gasteiger partial charge is 0.490 e. The molecule has 30 heavy (non-hydrogen) atoms. The second-order valence-electron chi connectivity index (χ2n) is 6.85. The van der Waals surface area contributed by atoms with Crippen molar-refractivity contribution in [3.8, 4) is 11.5 Å². The van der Waals surface area contributed by atoms with Gasteiger partial charge >= 0.3 is 11.8 Å². The molecule has 0 radical (unpaired) electrons. The molecule has 7 heteroatoms. The van der Waals surface area contributed by atoms with Gasteiger partial charge in [-0.15, -0.1) is 4.59 Å². The highest BCUT2D eigenvalue weighted by molar-refractivity contribution is 6.23. The predicted molar refractivity (Wildman–Crippen MR) is 114 cm³/mol. The molecular formula is C23H24N3O4+. The van der Waals surface area contributed by atoms with Gasteiger partial charge in [0.25, 0.3) is 0 Å². The summed E-state index contributed by atoms with van der Waals surface area (Å²) in [6.45, 7) is 6.71. The van der Waals surface area contributed by atoms with Gasteiger partial charge in [0.05, 0.1) is 30.5 Å². The van der Waals surface area contributed by atoms with E-state index in [2.05, 4.69) is 4.99 Å². The quantitative estimate of drug-likeness (QED) is 0.508. The number of amidine groups is 1. The molecule has 0 saturated heterocycles. The molecular weight excluding hydrogens is 382 g/mol. The lowest BCUT2D eigenvalue weighted by molar-refractivity contribution is 0.0417. The summed E-state index contributed by atoms with van der Waals surface area (Å²) in [6, 6.07) is 12.3. The van der Waals surface area contributed by atoms with Crippen molar-refractivity contribution in [3.63, 3.8) is 0 Å². The van der Waals surface area contributed by atoms with Crippen LogP contribution in [-0.4, -0.2) is 35.9 Å². The molecule has 2 aromatic rings. The zero-order valence-electron chi connectivity index (χ0n) is 17.3. The minimum absolute atomic E-state index is 0.213. The number of fused-ring (bicyclic) bond motifs is 1. The monoisotopic (exact) mass is 406 g/mol. The number of quaternary nitrogens is 1. The van der Waals surface area contributed by atoms with Gasteiger partial charge in [-0.3, -0.25) is 9.59 Å². The Labute approximate surface area is 175 Å². The zero-order valence-corrected chi connectivity index (χ0v) is 17.3. The number of carbonyl (C=O) groups excluding carboxylic acids is 2. The van der Waals surface area contributed by atoms with Crippen molar-refractivity contribution in [2.24, 2.45) is 4.99 Å². The van der Waals surface area contributed by atoms with Gasteiger partial charge in [-0.05, 0) is 32.0 Å². The first-order chi connectivity index (χ1) is 14.6. The molecule has 2 aliphatic heterocycles. The molecule has 2 aromatic carbocycles. The maximum absolute atomic E-state index is 13.4. The zero-order chi connectivity index (χ0) is 21.3. The van der Waals surface area contributed by atoms with E-state index in [0.29, 0.717) is 53.8 Å². The fourth-order valence-corrected chi connectivity index (χ4v) is 3.97. The van der Waals surface area contributed by atoms with Gasteiger partial charge in [0.15, 0.2) is 23.4 Å². The van der Waals surface area contributed by atoms with Crippen LogP contribution in [0.3, 0.4) is 0 Å². The molecule has 2 heterocycles. The summed E-state index contributed by atoms with van der Waals surface area (Å²) in [4.78, 5) is 31.2. The minimum atomic E-state index is -0.352. The lowest BCUT2D eigenvalue weighted by Crippen LogP contribution is -2.62. The SMILES string of the molecule is CCOc1ccc([N+]2(N3C(=O)c4ccccc4C3=O)C=CN=C2CC)cc1OCC. The van der Waals surface area contributed by atoms with E-state index in [1.54, 1.807) is 42.7 Å². The van der Waals surface area contributed by atoms with Gasteiger partial charge in [-0.25, -0.2) is 4.99 Å². The maximum atomic E-state index is 13.4. The average Bonchev–Trinajstić information content (AvgIpc) is 3.29. The van der Waals surface area contributed by atoms with E-state index in [9.17, 15) is 9.59 Å². The lowest BCUT2D eigenvalue weighted by Gasteiger charge is -2.36. The third-order valence-corrected chi connectivity index (χ3v) is 5.22. The Hall–Kier alpha value is -3.45. The first kappa shape index (κ1) is 19.8. The van der Waals surface area contributed by atoms with E-state index in [1.807, 2.05) is 32.9 Å². The van der Waals surface area contributed by atoms with E-state index in [0.717, 1.165) is 0 Å². The van der Waals surface area contributed by atoms with Crippen molar-refractivity contribution in [1.29, 1.82) is 0 Å². The van der Waals surface area contributed by atoms with Crippen molar-refractivity contribution in [2.45, 2.75) is 27.2 Å². The van der Waals surface area contributed by atoms with E-state index in [4.69, 9.17) is 9.47 Å². The standard InChI is InChI=1S/C23H24N3O4/c1-4-21-24-13-14-26(21,16-11-12-19(29-5-2)20(15-16)30-6-3)25-22(27)17-9-7-8-10-18(17)23(25)28/h7-15H,4-6H2,1-3H3/q+1. The summed E-state index contributed by atoms with van der Waals surface area (Å²) in [5.74, 6) is 1.13. The number of rotatable bonds is 7. The van der Waals surface area contributed by atoms with Crippen LogP contribution in [0.2, 0.25) is 0 Å². The molecule has 2 amide bonds. The molecule has 0 saturated carbocycles. The number of hydrogen-bond donors (Lipinski definition) is 0. The Bertz CT molecular complexity index is 1040. The third-order valence-electron chi connectivity index (χ3n) is 5.22. The van der Waals surface area contributed by atoms with Crippen LogP contribution in [0, 0.1) is 0 Å². The Morgan fingerprint density at radius 1 is 0.900 bits per heavy atom. The van der Waals surface area contributed by atoms with Crippen molar-refractivity contribution >= 4 is 23.3 Å². The Balaban J connectivity index is 1.90. The Morgan fingerprint density at radius 3 is 2.13 bits per heavy atom. The Kier molecular flexibility index (Phi) is 5.13. The molecule has 4 rings (SSSR count). The minimum Gasteiger partial charge on any atom is -0.490 e. The second kappa shape index (κ2) is 7.76. The summed E-state index contributed by atoms with van der Waals surface area (Å²) < 4.78 is 11.3. The highest BCUT2D eigenvalue weighted by atomic mass is 16.5. The molecule has 154 valence electrons. The lowest BCUT2D eigenvalue weighted by atomic mass is 10.1. The van der Waals surface area contributed by atoms with Gasteiger partial charge in [-0.2, -0.15) is 0 Å². The molecule has 0 spiro atoms. The van der Waals surface area contributed by atoms with Crippen LogP contribution in [0.5, 0.6) is 11.5 Å². The number of carbonyl (C=O) groups is 2. The van der Waals surface area contributed by atoms with Gasteiger partial charge in [0, 0.05) is 18.6 Å². The molecule has 1 atom stereocenters. The number of ether oxygens (including phenoxy) is 2. The maximum Gasteiger partial charge on any atom is 0.309 e. The first-order valence-electron chi connectivity index (χ1n) is 10.1. The number of aliphatic imine (C=N–C) groups is 1. The first-order valence-corrected chi connectivity index (χ1v) is 10.1. The number of nitrogens with zero attached hydrogens (tertiary/aromatic N) is 3. The summed E-state index contributed by atoms with van der Waals surface area (Å²) in [5.41, 5.74) is 1.46. The normalized spacial score (nSPS) is 19.8. The van der Waals surface area contributed by atoms with Crippen LogP contribution in [0.25, 0.3) is 0 Å². The third kappa shape index (κ3) is 2.81. The molecule has 2 aliphatic rings. The van der Waals surface area contributed by atoms with Crippen molar-refractivity contribution in [1.82, 2.24) is 9.60 Å². The topological polar surface area (TPSA) is 68.2 Å². The Morgan fingerprint density at radius 2 is 1.53 bits per heavy atom. The predicted octanol–water partition coefficient (Wildman–Crippen LogP) is 4.30. The highest BCUT2D eigenvalue weighted by Gasteiger charge is 2.55. The van der Waals surface area contributed by atoms with Crippen molar-refractivity contribution in [3.05, 3.63) is 66.0 Å². The molecule has 0 aromatic heterocycles. The van der Waals surface area contributed by atoms with Crippen LogP contribution in [0.1, 0.15) is 47.9 Å². The van der Waals surface area contributed by atoms with E-state index >= 15 is 0 Å². The molecule has 0 N–H and O–H groups in total. The van der Waals surface area contributed by atoms with Crippen molar-refractivity contribution in [2.75, 3.05) is 13.2 Å². The summed E-state index contributed by atoms with van der Waals surface area (Å²) in [5, 5.41) is 1.27. The van der Waals surface area contributed by atoms with E-state index in [1.165, 1.54) is 5.01 Å². The molecule has 0 bridgehead atoms. The second-order valence-corrected chi connectivity index (χ2v) is 6.85. The summed E-state index contributed by atoms with van der Waals surface area (Å²) in [7, 11) is 0. The number of imide groups is 1. The van der Waals surface area contributed by atoms with Gasteiger partial charge < -0.3 is 9.47 Å². The van der Waals surface area contributed by atoms with E-state index < -0.39 is 0 Å². The van der Waals surface area contributed by atoms with E-state index in [-0.39, 0.29) is 16.4 Å². The molecule has 0 aliphatic carbocycles.